The summed E-state index contributed by atoms with van der Waals surface area (Å²) in [6, 6.07) is 0.0770. The molecule has 124 valence electrons. The lowest BCUT2D eigenvalue weighted by Crippen LogP contribution is -2.50. The highest BCUT2D eigenvalue weighted by molar-refractivity contribution is 7.90. The van der Waals surface area contributed by atoms with Crippen LogP contribution >= 0.6 is 0 Å². The third-order valence-electron chi connectivity index (χ3n) is 3.28. The summed E-state index contributed by atoms with van der Waals surface area (Å²) in [6.45, 7) is 7.29. The first-order chi connectivity index (χ1) is 9.58. The molecule has 0 aromatic heterocycles. The van der Waals surface area contributed by atoms with Gasteiger partial charge < -0.3 is 15.0 Å². The molecular weight excluding hydrogens is 292 g/mol. The monoisotopic (exact) mass is 320 g/mol. The molecule has 6 nitrogen and oxygen atoms in total. The van der Waals surface area contributed by atoms with E-state index in [9.17, 15) is 13.2 Å². The van der Waals surface area contributed by atoms with E-state index in [2.05, 4.69) is 5.32 Å². The predicted octanol–water partition coefficient (Wildman–Crippen LogP) is 1.41. The van der Waals surface area contributed by atoms with Gasteiger partial charge >= 0.3 is 6.09 Å². The number of nitrogens with zero attached hydrogens (tertiary/aromatic N) is 1. The number of carbonyl (C=O) groups excluding carboxylic acids is 1. The maximum atomic E-state index is 12.2. The van der Waals surface area contributed by atoms with Crippen molar-refractivity contribution in [3.05, 3.63) is 0 Å². The van der Waals surface area contributed by atoms with Crippen LogP contribution in [0.2, 0.25) is 0 Å². The average Bonchev–Trinajstić information content (AvgIpc) is 2.32. The van der Waals surface area contributed by atoms with Crippen LogP contribution in [-0.2, 0) is 14.6 Å². The van der Waals surface area contributed by atoms with Gasteiger partial charge in [-0.1, -0.05) is 0 Å². The fraction of sp³-hybridized carbons (Fsp3) is 0.929. The van der Waals surface area contributed by atoms with Gasteiger partial charge in [0.25, 0.3) is 0 Å². The average molecular weight is 320 g/mol. The minimum absolute atomic E-state index is 0.0770. The van der Waals surface area contributed by atoms with Crippen molar-refractivity contribution in [2.45, 2.75) is 51.7 Å². The zero-order chi connectivity index (χ0) is 16.1. The molecule has 21 heavy (non-hydrogen) atoms. The number of rotatable bonds is 5. The van der Waals surface area contributed by atoms with E-state index in [1.165, 1.54) is 6.26 Å². The number of nitrogens with one attached hydrogen (secondary N) is 1. The van der Waals surface area contributed by atoms with E-state index in [4.69, 9.17) is 4.74 Å². The van der Waals surface area contributed by atoms with Gasteiger partial charge in [-0.05, 0) is 40.0 Å². The van der Waals surface area contributed by atoms with Gasteiger partial charge in [0.05, 0.1) is 5.75 Å². The Morgan fingerprint density at radius 3 is 2.57 bits per heavy atom. The van der Waals surface area contributed by atoms with E-state index in [1.54, 1.807) is 4.90 Å². The molecule has 0 aliphatic carbocycles. The SMILES string of the molecule is CC(C)(C)OC(=O)N1CCCCC1CNCCS(C)(=O)=O. The standard InChI is InChI=1S/C14H28N2O4S/c1-14(2,3)20-13(17)16-9-6-5-7-12(16)11-15-8-10-21(4,18)19/h12,15H,5-11H2,1-4H3. The molecule has 0 saturated carbocycles. The van der Waals surface area contributed by atoms with Crippen LogP contribution < -0.4 is 5.32 Å². The molecule has 1 fully saturated rings. The number of sulfone groups is 1. The van der Waals surface area contributed by atoms with Gasteiger partial charge in [0.1, 0.15) is 15.4 Å². The Hall–Kier alpha value is -0.820. The molecular formula is C14H28N2O4S. The summed E-state index contributed by atoms with van der Waals surface area (Å²) in [5.41, 5.74) is -0.497. The molecule has 1 aliphatic rings. The van der Waals surface area contributed by atoms with Crippen molar-refractivity contribution < 1.29 is 17.9 Å². The van der Waals surface area contributed by atoms with E-state index in [1.807, 2.05) is 20.8 Å². The van der Waals surface area contributed by atoms with E-state index < -0.39 is 15.4 Å². The number of hydrogen-bond donors (Lipinski definition) is 1. The lowest BCUT2D eigenvalue weighted by atomic mass is 10.0. The van der Waals surface area contributed by atoms with E-state index in [0.29, 0.717) is 19.6 Å². The van der Waals surface area contributed by atoms with Crippen LogP contribution in [-0.4, -0.2) is 62.7 Å². The van der Waals surface area contributed by atoms with Crippen LogP contribution in [0.3, 0.4) is 0 Å². The normalized spacial score (nSPS) is 20.4. The van der Waals surface area contributed by atoms with Crippen molar-refractivity contribution in [2.24, 2.45) is 0 Å². The minimum atomic E-state index is -2.95. The highest BCUT2D eigenvalue weighted by Gasteiger charge is 2.30. The lowest BCUT2D eigenvalue weighted by Gasteiger charge is -2.36. The molecule has 0 bridgehead atoms. The van der Waals surface area contributed by atoms with Crippen LogP contribution in [0.15, 0.2) is 0 Å². The molecule has 1 aliphatic heterocycles. The Labute approximate surface area is 128 Å². The van der Waals surface area contributed by atoms with Crippen molar-refractivity contribution in [3.8, 4) is 0 Å². The lowest BCUT2D eigenvalue weighted by molar-refractivity contribution is 0.0100. The fourth-order valence-electron chi connectivity index (χ4n) is 2.30. The number of amides is 1. The minimum Gasteiger partial charge on any atom is -0.444 e. The largest absolute Gasteiger partial charge is 0.444 e. The van der Waals surface area contributed by atoms with Crippen LogP contribution in [0, 0.1) is 0 Å². The van der Waals surface area contributed by atoms with E-state index >= 15 is 0 Å². The summed E-state index contributed by atoms with van der Waals surface area (Å²) in [4.78, 5) is 14.0. The van der Waals surface area contributed by atoms with Gasteiger partial charge in [-0.25, -0.2) is 13.2 Å². The maximum Gasteiger partial charge on any atom is 0.410 e. The van der Waals surface area contributed by atoms with E-state index in [-0.39, 0.29) is 17.9 Å². The quantitative estimate of drug-likeness (QED) is 0.775. The first kappa shape index (κ1) is 18.2. The molecule has 7 heteroatoms. The Bertz CT molecular complexity index is 442. The number of likely N-dealkylation sites (tertiary alicyclic amines) is 1. The summed E-state index contributed by atoms with van der Waals surface area (Å²) in [5.74, 6) is 0.117. The van der Waals surface area contributed by atoms with Crippen LogP contribution in [0.25, 0.3) is 0 Å². The fourth-order valence-corrected chi connectivity index (χ4v) is 2.82. The number of hydrogen-bond acceptors (Lipinski definition) is 5. The zero-order valence-electron chi connectivity index (χ0n) is 13.5. The van der Waals surface area contributed by atoms with Gasteiger partial charge in [-0.3, -0.25) is 0 Å². The first-order valence-corrected chi connectivity index (χ1v) is 9.52. The zero-order valence-corrected chi connectivity index (χ0v) is 14.3. The Morgan fingerprint density at radius 1 is 1.33 bits per heavy atom. The summed E-state index contributed by atoms with van der Waals surface area (Å²) in [6.07, 6.45) is 3.93. The molecule has 0 spiro atoms. The van der Waals surface area contributed by atoms with Crippen molar-refractivity contribution >= 4 is 15.9 Å². The van der Waals surface area contributed by atoms with Gasteiger partial charge in [-0.15, -0.1) is 0 Å². The van der Waals surface area contributed by atoms with Crippen molar-refractivity contribution in [1.82, 2.24) is 10.2 Å². The maximum absolute atomic E-state index is 12.2. The molecule has 1 atom stereocenters. The molecule has 1 N–H and O–H groups in total. The summed E-state index contributed by atoms with van der Waals surface area (Å²) < 4.78 is 27.6. The van der Waals surface area contributed by atoms with Gasteiger partial charge in [0.15, 0.2) is 0 Å². The first-order valence-electron chi connectivity index (χ1n) is 7.46. The number of piperidine rings is 1. The van der Waals surface area contributed by atoms with Gasteiger partial charge in [0.2, 0.25) is 0 Å². The van der Waals surface area contributed by atoms with Crippen LogP contribution in [0.1, 0.15) is 40.0 Å². The van der Waals surface area contributed by atoms with Crippen LogP contribution in [0.4, 0.5) is 4.79 Å². The van der Waals surface area contributed by atoms with Crippen molar-refractivity contribution in [3.63, 3.8) is 0 Å². The van der Waals surface area contributed by atoms with E-state index in [0.717, 1.165) is 19.3 Å². The molecule has 0 radical (unpaired) electrons. The Kier molecular flexibility index (Phi) is 6.46. The second-order valence-corrected chi connectivity index (χ2v) is 8.92. The topological polar surface area (TPSA) is 75.7 Å². The molecule has 0 aromatic carbocycles. The molecule has 1 heterocycles. The highest BCUT2D eigenvalue weighted by Crippen LogP contribution is 2.19. The Balaban J connectivity index is 2.47. The predicted molar refractivity (Wildman–Crippen MR) is 83.2 cm³/mol. The molecule has 0 aromatic rings. The second-order valence-electron chi connectivity index (χ2n) is 6.66. The third kappa shape index (κ3) is 7.66. The third-order valence-corrected chi connectivity index (χ3v) is 4.23. The number of carbonyl (C=O) groups is 1. The van der Waals surface area contributed by atoms with Gasteiger partial charge in [-0.2, -0.15) is 0 Å². The Morgan fingerprint density at radius 2 is 2.00 bits per heavy atom. The smallest absolute Gasteiger partial charge is 0.410 e. The molecule has 1 saturated heterocycles. The molecule has 1 amide bonds. The number of ether oxygens (including phenoxy) is 1. The summed E-state index contributed by atoms with van der Waals surface area (Å²) in [7, 11) is -2.95. The van der Waals surface area contributed by atoms with Crippen LogP contribution in [0.5, 0.6) is 0 Å². The molecule has 1 rings (SSSR count). The highest BCUT2D eigenvalue weighted by atomic mass is 32.2. The summed E-state index contributed by atoms with van der Waals surface area (Å²) >= 11 is 0. The van der Waals surface area contributed by atoms with Crippen molar-refractivity contribution in [1.29, 1.82) is 0 Å². The van der Waals surface area contributed by atoms with Crippen molar-refractivity contribution in [2.75, 3.05) is 31.6 Å². The second kappa shape index (κ2) is 7.45. The summed E-state index contributed by atoms with van der Waals surface area (Å²) in [5, 5.41) is 3.13. The van der Waals surface area contributed by atoms with Gasteiger partial charge in [0, 0.05) is 31.9 Å². The molecule has 1 unspecified atom stereocenters.